The van der Waals surface area contributed by atoms with Gasteiger partial charge in [-0.15, -0.1) is 0 Å². The van der Waals surface area contributed by atoms with Crippen LogP contribution < -0.4 is 18.9 Å². The summed E-state index contributed by atoms with van der Waals surface area (Å²) < 4.78 is 21.7. The second-order valence-corrected chi connectivity index (χ2v) is 10.1. The molecule has 0 aliphatic carbocycles. The SMILES string of the molecule is COc1ccc(CCN=C2C[C@H](c3ccccc3)N(CCc3ccc(OC)c(OC)c3)C[C@]2(C)O)cc1OC. The Morgan fingerprint density at radius 3 is 1.92 bits per heavy atom. The van der Waals surface area contributed by atoms with E-state index < -0.39 is 5.60 Å². The molecule has 208 valence electrons. The minimum absolute atomic E-state index is 0.131. The van der Waals surface area contributed by atoms with Gasteiger partial charge in [0.05, 0.1) is 28.4 Å². The number of rotatable bonds is 11. The molecule has 1 N–H and O–H groups in total. The maximum absolute atomic E-state index is 11.5. The van der Waals surface area contributed by atoms with Crippen LogP contribution in [0.5, 0.6) is 23.0 Å². The van der Waals surface area contributed by atoms with Crippen molar-refractivity contribution in [3.8, 4) is 23.0 Å². The maximum atomic E-state index is 11.5. The number of hydrogen-bond acceptors (Lipinski definition) is 7. The van der Waals surface area contributed by atoms with Crippen LogP contribution in [0.4, 0.5) is 0 Å². The summed E-state index contributed by atoms with van der Waals surface area (Å²) in [4.78, 5) is 7.31. The second-order valence-electron chi connectivity index (χ2n) is 10.1. The van der Waals surface area contributed by atoms with Gasteiger partial charge in [-0.2, -0.15) is 0 Å². The molecule has 0 radical (unpaired) electrons. The lowest BCUT2D eigenvalue weighted by atomic mass is 9.84. The number of likely N-dealkylation sites (tertiary alicyclic amines) is 1. The smallest absolute Gasteiger partial charge is 0.160 e. The summed E-state index contributed by atoms with van der Waals surface area (Å²) in [6.07, 6.45) is 2.25. The van der Waals surface area contributed by atoms with Crippen molar-refractivity contribution in [2.75, 3.05) is 48.1 Å². The predicted octanol–water partition coefficient (Wildman–Crippen LogP) is 5.15. The number of nitrogens with zero attached hydrogens (tertiary/aromatic N) is 2. The van der Waals surface area contributed by atoms with Crippen LogP contribution >= 0.6 is 0 Å². The molecular weight excluding hydrogens is 492 g/mol. The number of piperidine rings is 1. The zero-order chi connectivity index (χ0) is 27.8. The summed E-state index contributed by atoms with van der Waals surface area (Å²) in [5.74, 6) is 2.87. The van der Waals surface area contributed by atoms with E-state index >= 15 is 0 Å². The Bertz CT molecular complexity index is 1260. The number of benzene rings is 3. The van der Waals surface area contributed by atoms with Crippen molar-refractivity contribution in [1.82, 2.24) is 4.90 Å². The van der Waals surface area contributed by atoms with Gasteiger partial charge < -0.3 is 24.1 Å². The predicted molar refractivity (Wildman–Crippen MR) is 155 cm³/mol. The number of β-amino-alcohol motifs (C(OH)–C–C–N with tert-alkyl or cyclic N) is 1. The van der Waals surface area contributed by atoms with Crippen LogP contribution in [0.1, 0.15) is 36.1 Å². The van der Waals surface area contributed by atoms with Crippen LogP contribution in [0.2, 0.25) is 0 Å². The normalized spacial score (nSPS) is 20.6. The fourth-order valence-electron chi connectivity index (χ4n) is 5.27. The Hall–Kier alpha value is -3.55. The average Bonchev–Trinajstić information content (AvgIpc) is 2.96. The van der Waals surface area contributed by atoms with Crippen molar-refractivity contribution >= 4 is 5.71 Å². The van der Waals surface area contributed by atoms with Crippen molar-refractivity contribution in [3.63, 3.8) is 0 Å². The van der Waals surface area contributed by atoms with Crippen molar-refractivity contribution in [1.29, 1.82) is 0 Å². The average molecular weight is 533 g/mol. The molecule has 0 bridgehead atoms. The summed E-state index contributed by atoms with van der Waals surface area (Å²) in [6.45, 7) is 3.78. The number of hydrogen-bond donors (Lipinski definition) is 1. The van der Waals surface area contributed by atoms with Crippen LogP contribution in [0.25, 0.3) is 0 Å². The lowest BCUT2D eigenvalue weighted by molar-refractivity contribution is 0.0369. The van der Waals surface area contributed by atoms with Crippen molar-refractivity contribution < 1.29 is 24.1 Å². The zero-order valence-electron chi connectivity index (χ0n) is 23.6. The van der Waals surface area contributed by atoms with Gasteiger partial charge in [0, 0.05) is 37.8 Å². The van der Waals surface area contributed by atoms with E-state index in [9.17, 15) is 5.11 Å². The molecule has 1 fully saturated rings. The van der Waals surface area contributed by atoms with Crippen LogP contribution in [0.15, 0.2) is 71.7 Å². The fraction of sp³-hybridized carbons (Fsp3) is 0.406. The summed E-state index contributed by atoms with van der Waals surface area (Å²) in [6, 6.07) is 22.6. The Morgan fingerprint density at radius 1 is 0.795 bits per heavy atom. The van der Waals surface area contributed by atoms with E-state index in [0.717, 1.165) is 47.7 Å². The van der Waals surface area contributed by atoms with Gasteiger partial charge in [-0.3, -0.25) is 9.89 Å². The molecule has 3 aromatic rings. The van der Waals surface area contributed by atoms with Gasteiger partial charge in [0.2, 0.25) is 0 Å². The molecule has 2 atom stereocenters. The first-order chi connectivity index (χ1) is 18.9. The monoisotopic (exact) mass is 532 g/mol. The molecular formula is C32H40N2O5. The van der Waals surface area contributed by atoms with Gasteiger partial charge in [-0.1, -0.05) is 42.5 Å². The molecule has 4 rings (SSSR count). The lowest BCUT2D eigenvalue weighted by Gasteiger charge is -2.44. The topological polar surface area (TPSA) is 72.8 Å². The molecule has 1 aliphatic rings. The standard InChI is InChI=1S/C32H40N2O5/c1-32(35)22-34(18-16-24-12-14-28(37-3)30(20-24)39-5)26(25-9-7-6-8-10-25)21-31(32)33-17-15-23-11-13-27(36-2)29(19-23)38-4/h6-14,19-20,26,35H,15-18,21-22H2,1-5H3/t26-,32+/m1/s1. The van der Waals surface area contributed by atoms with Crippen molar-refractivity contribution in [2.45, 2.75) is 37.8 Å². The van der Waals surface area contributed by atoms with E-state index in [4.69, 9.17) is 23.9 Å². The molecule has 1 saturated heterocycles. The molecule has 0 amide bonds. The molecule has 1 heterocycles. The zero-order valence-corrected chi connectivity index (χ0v) is 23.6. The Labute approximate surface area is 232 Å². The van der Waals surface area contributed by atoms with Crippen molar-refractivity contribution in [3.05, 3.63) is 83.4 Å². The molecule has 0 aromatic heterocycles. The first kappa shape index (κ1) is 28.5. The highest BCUT2D eigenvalue weighted by Crippen LogP contribution is 2.35. The summed E-state index contributed by atoms with van der Waals surface area (Å²) in [7, 11) is 6.57. The van der Waals surface area contributed by atoms with E-state index in [0.29, 0.717) is 31.0 Å². The van der Waals surface area contributed by atoms with Gasteiger partial charge >= 0.3 is 0 Å². The summed E-state index contributed by atoms with van der Waals surface area (Å²) in [5.41, 5.74) is 3.34. The molecule has 3 aromatic carbocycles. The third-order valence-electron chi connectivity index (χ3n) is 7.43. The van der Waals surface area contributed by atoms with E-state index in [-0.39, 0.29) is 6.04 Å². The molecule has 0 spiro atoms. The Kier molecular flexibility index (Phi) is 9.49. The summed E-state index contributed by atoms with van der Waals surface area (Å²) in [5, 5.41) is 11.5. The highest BCUT2D eigenvalue weighted by Gasteiger charge is 2.40. The number of aliphatic imine (C=N–C) groups is 1. The first-order valence-electron chi connectivity index (χ1n) is 13.4. The molecule has 7 heteroatoms. The lowest BCUT2D eigenvalue weighted by Crippen LogP contribution is -2.54. The number of methoxy groups -OCH3 is 4. The molecule has 7 nitrogen and oxygen atoms in total. The van der Waals surface area contributed by atoms with Gasteiger partial charge in [0.1, 0.15) is 5.60 Å². The Balaban J connectivity index is 1.50. The third-order valence-corrected chi connectivity index (χ3v) is 7.43. The second kappa shape index (κ2) is 13.0. The summed E-state index contributed by atoms with van der Waals surface area (Å²) >= 11 is 0. The number of aliphatic hydroxyl groups is 1. The quantitative estimate of drug-likeness (QED) is 0.369. The van der Waals surface area contributed by atoms with E-state index in [1.165, 1.54) is 5.56 Å². The first-order valence-corrected chi connectivity index (χ1v) is 13.4. The fourth-order valence-corrected chi connectivity index (χ4v) is 5.27. The highest BCUT2D eigenvalue weighted by atomic mass is 16.5. The van der Waals surface area contributed by atoms with Gasteiger partial charge in [-0.25, -0.2) is 0 Å². The minimum Gasteiger partial charge on any atom is -0.493 e. The van der Waals surface area contributed by atoms with Crippen LogP contribution in [-0.4, -0.2) is 69.4 Å². The van der Waals surface area contributed by atoms with Gasteiger partial charge in [-0.05, 0) is 60.7 Å². The van der Waals surface area contributed by atoms with Crippen LogP contribution in [0, 0.1) is 0 Å². The maximum Gasteiger partial charge on any atom is 0.160 e. The van der Waals surface area contributed by atoms with E-state index in [1.54, 1.807) is 28.4 Å². The third kappa shape index (κ3) is 6.91. The van der Waals surface area contributed by atoms with Gasteiger partial charge in [0.25, 0.3) is 0 Å². The largest absolute Gasteiger partial charge is 0.493 e. The van der Waals surface area contributed by atoms with Crippen molar-refractivity contribution in [2.24, 2.45) is 4.99 Å². The van der Waals surface area contributed by atoms with Gasteiger partial charge in [0.15, 0.2) is 23.0 Å². The van der Waals surface area contributed by atoms with E-state index in [1.807, 2.05) is 43.3 Å². The molecule has 1 aliphatic heterocycles. The number of ether oxygens (including phenoxy) is 4. The molecule has 0 saturated carbocycles. The molecule has 0 unspecified atom stereocenters. The van der Waals surface area contributed by atoms with Crippen LogP contribution in [0.3, 0.4) is 0 Å². The highest BCUT2D eigenvalue weighted by molar-refractivity contribution is 5.93. The van der Waals surface area contributed by atoms with E-state index in [2.05, 4.69) is 35.2 Å². The minimum atomic E-state index is -1.01. The molecule has 39 heavy (non-hydrogen) atoms. The van der Waals surface area contributed by atoms with Crippen LogP contribution in [-0.2, 0) is 12.8 Å². The Morgan fingerprint density at radius 2 is 1.36 bits per heavy atom.